The first-order valence-electron chi connectivity index (χ1n) is 11.4. The molecular formula is C22H32FN9. The van der Waals surface area contributed by atoms with E-state index in [1.165, 1.54) is 6.07 Å². The van der Waals surface area contributed by atoms with E-state index >= 15 is 0 Å². The molecule has 0 spiro atoms. The normalized spacial score (nSPS) is 19.9. The van der Waals surface area contributed by atoms with Gasteiger partial charge in [-0.15, -0.1) is 0 Å². The summed E-state index contributed by atoms with van der Waals surface area (Å²) in [6, 6.07) is 5.13. The molecule has 0 bridgehead atoms. The van der Waals surface area contributed by atoms with E-state index in [-0.39, 0.29) is 11.9 Å². The van der Waals surface area contributed by atoms with Crippen molar-refractivity contribution in [2.24, 2.45) is 4.99 Å². The molecule has 172 valence electrons. The summed E-state index contributed by atoms with van der Waals surface area (Å²) in [5.41, 5.74) is 0. The van der Waals surface area contributed by atoms with Gasteiger partial charge in [-0.1, -0.05) is 0 Å². The molecule has 2 aliphatic heterocycles. The Balaban J connectivity index is 1.23. The predicted molar refractivity (Wildman–Crippen MR) is 125 cm³/mol. The number of halogens is 1. The van der Waals surface area contributed by atoms with Crippen LogP contribution in [0.15, 0.2) is 41.8 Å². The van der Waals surface area contributed by atoms with Gasteiger partial charge in [0.05, 0.1) is 6.54 Å². The second kappa shape index (κ2) is 11.0. The Kier molecular flexibility index (Phi) is 7.65. The molecule has 32 heavy (non-hydrogen) atoms. The van der Waals surface area contributed by atoms with E-state index in [0.29, 0.717) is 12.4 Å². The summed E-state index contributed by atoms with van der Waals surface area (Å²) in [7, 11) is 0. The minimum atomic E-state index is -0.271. The number of nitrogens with zero attached hydrogens (tertiary/aromatic N) is 7. The van der Waals surface area contributed by atoms with Crippen molar-refractivity contribution in [3.8, 4) is 0 Å². The van der Waals surface area contributed by atoms with E-state index in [4.69, 9.17) is 4.99 Å². The van der Waals surface area contributed by atoms with Crippen molar-refractivity contribution in [3.63, 3.8) is 0 Å². The highest BCUT2D eigenvalue weighted by Gasteiger charge is 2.26. The fourth-order valence-electron chi connectivity index (χ4n) is 4.12. The Morgan fingerprint density at radius 3 is 2.59 bits per heavy atom. The summed E-state index contributed by atoms with van der Waals surface area (Å²) in [6.07, 6.45) is 6.13. The minimum absolute atomic E-state index is 0.212. The largest absolute Gasteiger partial charge is 0.357 e. The first kappa shape index (κ1) is 22.2. The van der Waals surface area contributed by atoms with Crippen molar-refractivity contribution >= 4 is 17.7 Å². The number of hydrogen-bond donors (Lipinski definition) is 2. The second-order valence-corrected chi connectivity index (χ2v) is 8.02. The maximum atomic E-state index is 14.0. The van der Waals surface area contributed by atoms with E-state index in [9.17, 15) is 4.39 Å². The van der Waals surface area contributed by atoms with Gasteiger partial charge in [-0.2, -0.15) is 0 Å². The van der Waals surface area contributed by atoms with Crippen LogP contribution < -0.4 is 20.4 Å². The topological polar surface area (TPSA) is 84.8 Å². The lowest BCUT2D eigenvalue weighted by molar-refractivity contribution is 0.263. The minimum Gasteiger partial charge on any atom is -0.357 e. The highest BCUT2D eigenvalue weighted by molar-refractivity contribution is 5.80. The Hall–Kier alpha value is -3.01. The molecule has 4 heterocycles. The van der Waals surface area contributed by atoms with Gasteiger partial charge in [0.1, 0.15) is 0 Å². The van der Waals surface area contributed by atoms with Gasteiger partial charge in [-0.3, -0.25) is 9.89 Å². The monoisotopic (exact) mass is 441 g/mol. The lowest BCUT2D eigenvalue weighted by Crippen LogP contribution is -2.48. The molecule has 0 aliphatic carbocycles. The Bertz CT molecular complexity index is 871. The maximum Gasteiger partial charge on any atom is 0.225 e. The smallest absolute Gasteiger partial charge is 0.225 e. The third-order valence-corrected chi connectivity index (χ3v) is 5.81. The van der Waals surface area contributed by atoms with E-state index in [1.54, 1.807) is 24.7 Å². The van der Waals surface area contributed by atoms with Gasteiger partial charge >= 0.3 is 0 Å². The molecule has 2 saturated heterocycles. The summed E-state index contributed by atoms with van der Waals surface area (Å²) in [6.45, 7) is 9.79. The predicted octanol–water partition coefficient (Wildman–Crippen LogP) is 0.967. The second-order valence-electron chi connectivity index (χ2n) is 8.02. The molecule has 2 fully saturated rings. The van der Waals surface area contributed by atoms with Crippen LogP contribution in [0.2, 0.25) is 0 Å². The van der Waals surface area contributed by atoms with Crippen LogP contribution in [0.4, 0.5) is 16.2 Å². The number of pyridine rings is 1. The molecule has 0 aromatic carbocycles. The molecule has 9 nitrogen and oxygen atoms in total. The van der Waals surface area contributed by atoms with Gasteiger partial charge in [0, 0.05) is 77.0 Å². The molecule has 2 aliphatic rings. The summed E-state index contributed by atoms with van der Waals surface area (Å²) in [4.78, 5) is 24.3. The van der Waals surface area contributed by atoms with Crippen molar-refractivity contribution in [1.82, 2.24) is 30.5 Å². The quantitative estimate of drug-likeness (QED) is 0.486. The van der Waals surface area contributed by atoms with Crippen LogP contribution in [0.25, 0.3) is 0 Å². The Labute approximate surface area is 188 Å². The third-order valence-electron chi connectivity index (χ3n) is 5.81. The van der Waals surface area contributed by atoms with E-state index in [0.717, 1.165) is 70.7 Å². The summed E-state index contributed by atoms with van der Waals surface area (Å²) >= 11 is 0. The summed E-state index contributed by atoms with van der Waals surface area (Å²) in [5, 5.41) is 6.84. The number of rotatable bonds is 7. The van der Waals surface area contributed by atoms with Crippen LogP contribution >= 0.6 is 0 Å². The zero-order chi connectivity index (χ0) is 22.2. The fraction of sp³-hybridized carbons (Fsp3) is 0.545. The van der Waals surface area contributed by atoms with Crippen molar-refractivity contribution in [2.75, 3.05) is 68.7 Å². The molecule has 1 unspecified atom stereocenters. The maximum absolute atomic E-state index is 14.0. The Morgan fingerprint density at radius 2 is 1.84 bits per heavy atom. The average Bonchev–Trinajstić information content (AvgIpc) is 3.29. The number of hydrogen-bond acceptors (Lipinski definition) is 7. The molecule has 2 aromatic heterocycles. The summed E-state index contributed by atoms with van der Waals surface area (Å²) < 4.78 is 14.0. The number of piperazine rings is 1. The summed E-state index contributed by atoms with van der Waals surface area (Å²) in [5.74, 6) is 1.78. The standard InChI is InChI=1S/C22H32FN9/c1-2-24-21(29-18-6-11-32(17-18)20-19(23)5-3-7-25-20)26-10-12-30-13-15-31(16-14-30)22-27-8-4-9-28-22/h3-5,7-9,18H,2,6,10-17H2,1H3,(H2,24,26,29). The number of aromatic nitrogens is 3. The van der Waals surface area contributed by atoms with E-state index < -0.39 is 0 Å². The van der Waals surface area contributed by atoms with Crippen LogP contribution in [0.5, 0.6) is 0 Å². The number of nitrogens with one attached hydrogen (secondary N) is 2. The molecular weight excluding hydrogens is 409 g/mol. The van der Waals surface area contributed by atoms with Crippen molar-refractivity contribution in [1.29, 1.82) is 0 Å². The van der Waals surface area contributed by atoms with Gasteiger partial charge in [-0.05, 0) is 31.5 Å². The number of anilines is 2. The first-order valence-corrected chi connectivity index (χ1v) is 11.4. The van der Waals surface area contributed by atoms with Crippen molar-refractivity contribution in [3.05, 3.63) is 42.6 Å². The van der Waals surface area contributed by atoms with Gasteiger partial charge in [0.15, 0.2) is 17.6 Å². The SMILES string of the molecule is CCNC(=NCCN1CCN(c2ncccn2)CC1)NC1CCN(c2ncccc2F)C1. The van der Waals surface area contributed by atoms with Crippen LogP contribution in [0.3, 0.4) is 0 Å². The fourth-order valence-corrected chi connectivity index (χ4v) is 4.12. The van der Waals surface area contributed by atoms with E-state index in [1.807, 2.05) is 11.0 Å². The highest BCUT2D eigenvalue weighted by Crippen LogP contribution is 2.20. The molecule has 0 saturated carbocycles. The average molecular weight is 442 g/mol. The number of guanidine groups is 1. The van der Waals surface area contributed by atoms with Crippen LogP contribution in [-0.2, 0) is 0 Å². The number of aliphatic imine (C=N–C) groups is 1. The Morgan fingerprint density at radius 1 is 1.06 bits per heavy atom. The highest BCUT2D eigenvalue weighted by atomic mass is 19.1. The van der Waals surface area contributed by atoms with Crippen LogP contribution in [0.1, 0.15) is 13.3 Å². The molecule has 4 rings (SSSR count). The van der Waals surface area contributed by atoms with Gasteiger partial charge < -0.3 is 20.4 Å². The van der Waals surface area contributed by atoms with Gasteiger partial charge in [-0.25, -0.2) is 19.3 Å². The first-order chi connectivity index (χ1) is 15.7. The zero-order valence-electron chi connectivity index (χ0n) is 18.6. The van der Waals surface area contributed by atoms with Crippen LogP contribution in [0, 0.1) is 5.82 Å². The molecule has 10 heteroatoms. The molecule has 2 aromatic rings. The van der Waals surface area contributed by atoms with Crippen molar-refractivity contribution < 1.29 is 4.39 Å². The molecule has 0 amide bonds. The van der Waals surface area contributed by atoms with E-state index in [2.05, 4.69) is 42.3 Å². The zero-order valence-corrected chi connectivity index (χ0v) is 18.6. The van der Waals surface area contributed by atoms with Crippen molar-refractivity contribution in [2.45, 2.75) is 19.4 Å². The lowest BCUT2D eigenvalue weighted by Gasteiger charge is -2.34. The molecule has 2 N–H and O–H groups in total. The third kappa shape index (κ3) is 5.82. The molecule has 0 radical (unpaired) electrons. The van der Waals surface area contributed by atoms with Gasteiger partial charge in [0.2, 0.25) is 5.95 Å². The van der Waals surface area contributed by atoms with Gasteiger partial charge in [0.25, 0.3) is 0 Å². The lowest BCUT2D eigenvalue weighted by atomic mass is 10.3. The van der Waals surface area contributed by atoms with Crippen LogP contribution in [-0.4, -0.2) is 90.8 Å². The molecule has 1 atom stereocenters.